The van der Waals surface area contributed by atoms with Crippen LogP contribution < -0.4 is 5.32 Å². The second kappa shape index (κ2) is 7.91. The predicted molar refractivity (Wildman–Crippen MR) is 110 cm³/mol. The van der Waals surface area contributed by atoms with E-state index in [2.05, 4.69) is 10.3 Å². The normalized spacial score (nSPS) is 13.3. The quantitative estimate of drug-likeness (QED) is 0.730. The molecular formula is C23H24N4O2. The molecule has 0 saturated carbocycles. The van der Waals surface area contributed by atoms with Gasteiger partial charge in [-0.05, 0) is 31.0 Å². The van der Waals surface area contributed by atoms with Gasteiger partial charge in [0.15, 0.2) is 5.82 Å². The number of rotatable bonds is 5. The first kappa shape index (κ1) is 18.9. The molecule has 29 heavy (non-hydrogen) atoms. The van der Waals surface area contributed by atoms with Crippen LogP contribution in [0.15, 0.2) is 54.7 Å². The molecule has 0 fully saturated rings. The summed E-state index contributed by atoms with van der Waals surface area (Å²) in [7, 11) is 0. The number of carbonyl (C=O) groups is 2. The maximum atomic E-state index is 12.8. The Morgan fingerprint density at radius 3 is 2.66 bits per heavy atom. The monoisotopic (exact) mass is 388 g/mol. The molecule has 2 aromatic carbocycles. The maximum absolute atomic E-state index is 12.8. The average Bonchev–Trinajstić information content (AvgIpc) is 3.13. The first-order valence-corrected chi connectivity index (χ1v) is 9.76. The van der Waals surface area contributed by atoms with E-state index in [1.165, 1.54) is 0 Å². The third kappa shape index (κ3) is 4.06. The van der Waals surface area contributed by atoms with Crippen molar-refractivity contribution in [2.75, 3.05) is 6.54 Å². The minimum atomic E-state index is -0.134. The molecule has 0 radical (unpaired) electrons. The summed E-state index contributed by atoms with van der Waals surface area (Å²) in [6.45, 7) is 6.14. The van der Waals surface area contributed by atoms with Crippen LogP contribution in [-0.4, -0.2) is 32.8 Å². The van der Waals surface area contributed by atoms with E-state index in [0.29, 0.717) is 36.7 Å². The summed E-state index contributed by atoms with van der Waals surface area (Å²) in [4.78, 5) is 31.6. The van der Waals surface area contributed by atoms with Crippen molar-refractivity contribution in [3.05, 3.63) is 88.5 Å². The number of aromatic nitrogens is 2. The van der Waals surface area contributed by atoms with Crippen LogP contribution in [0.4, 0.5) is 0 Å². The van der Waals surface area contributed by atoms with Gasteiger partial charge >= 0.3 is 0 Å². The lowest BCUT2D eigenvalue weighted by atomic mass is 10.1. The lowest BCUT2D eigenvalue weighted by molar-refractivity contribution is 0.0683. The van der Waals surface area contributed by atoms with E-state index in [1.807, 2.05) is 78.0 Å². The van der Waals surface area contributed by atoms with Crippen LogP contribution in [0.5, 0.6) is 0 Å². The third-order valence-corrected chi connectivity index (χ3v) is 5.19. The van der Waals surface area contributed by atoms with E-state index >= 15 is 0 Å². The van der Waals surface area contributed by atoms with Gasteiger partial charge in [-0.3, -0.25) is 9.59 Å². The summed E-state index contributed by atoms with van der Waals surface area (Å²) in [6.07, 6.45) is 1.86. The Hall–Kier alpha value is -3.41. The molecule has 2 heterocycles. The lowest BCUT2D eigenvalue weighted by Gasteiger charge is -2.27. The molecule has 0 unspecified atom stereocenters. The van der Waals surface area contributed by atoms with Crippen molar-refractivity contribution in [3.63, 3.8) is 0 Å². The van der Waals surface area contributed by atoms with Crippen LogP contribution >= 0.6 is 0 Å². The van der Waals surface area contributed by atoms with Crippen LogP contribution in [0.3, 0.4) is 0 Å². The fraction of sp³-hybridized carbons (Fsp3) is 0.261. The van der Waals surface area contributed by atoms with E-state index in [1.54, 1.807) is 0 Å². The topological polar surface area (TPSA) is 67.2 Å². The van der Waals surface area contributed by atoms with Crippen molar-refractivity contribution in [2.45, 2.75) is 33.5 Å². The number of benzene rings is 2. The Kier molecular flexibility index (Phi) is 5.16. The van der Waals surface area contributed by atoms with E-state index < -0.39 is 0 Å². The van der Waals surface area contributed by atoms with Crippen LogP contribution in [0, 0.1) is 13.8 Å². The number of fused-ring (bicyclic) bond motifs is 1. The van der Waals surface area contributed by atoms with Crippen molar-refractivity contribution < 1.29 is 9.59 Å². The molecule has 1 aliphatic rings. The summed E-state index contributed by atoms with van der Waals surface area (Å²) in [5.41, 5.74) is 4.51. The Labute approximate surface area is 170 Å². The number of aryl methyl sites for hydroxylation is 2. The Balaban J connectivity index is 1.42. The van der Waals surface area contributed by atoms with Gasteiger partial charge in [0.1, 0.15) is 0 Å². The van der Waals surface area contributed by atoms with E-state index in [4.69, 9.17) is 0 Å². The SMILES string of the molecule is Cc1ccc(C(=O)NCc2cn3c(n2)C(=O)N(Cc2ccccc2)CC3)c(C)c1. The lowest BCUT2D eigenvalue weighted by Crippen LogP contribution is -2.39. The van der Waals surface area contributed by atoms with E-state index in [0.717, 1.165) is 16.7 Å². The predicted octanol–water partition coefficient (Wildman–Crippen LogP) is 3.09. The number of nitrogens with one attached hydrogen (secondary N) is 1. The zero-order valence-electron chi connectivity index (χ0n) is 16.7. The smallest absolute Gasteiger partial charge is 0.290 e. The van der Waals surface area contributed by atoms with E-state index in [9.17, 15) is 9.59 Å². The van der Waals surface area contributed by atoms with Gasteiger partial charge in [-0.1, -0.05) is 48.0 Å². The molecule has 0 aliphatic carbocycles. The molecule has 1 aliphatic heterocycles. The highest BCUT2D eigenvalue weighted by Gasteiger charge is 2.27. The maximum Gasteiger partial charge on any atom is 0.290 e. The van der Waals surface area contributed by atoms with Gasteiger partial charge in [0, 0.05) is 31.4 Å². The molecule has 6 heteroatoms. The summed E-state index contributed by atoms with van der Waals surface area (Å²) < 4.78 is 1.88. The first-order valence-electron chi connectivity index (χ1n) is 9.76. The van der Waals surface area contributed by atoms with Crippen molar-refractivity contribution in [1.82, 2.24) is 19.8 Å². The van der Waals surface area contributed by atoms with Crippen LogP contribution in [-0.2, 0) is 19.6 Å². The summed E-state index contributed by atoms with van der Waals surface area (Å²) >= 11 is 0. The van der Waals surface area contributed by atoms with Gasteiger partial charge in [0.2, 0.25) is 0 Å². The minimum Gasteiger partial charge on any atom is -0.346 e. The van der Waals surface area contributed by atoms with Gasteiger partial charge < -0.3 is 14.8 Å². The molecule has 3 aromatic rings. The molecule has 0 atom stereocenters. The fourth-order valence-electron chi connectivity index (χ4n) is 3.66. The zero-order chi connectivity index (χ0) is 20.4. The van der Waals surface area contributed by atoms with E-state index in [-0.39, 0.29) is 18.4 Å². The number of imidazole rings is 1. The first-order chi connectivity index (χ1) is 14.0. The van der Waals surface area contributed by atoms with Gasteiger partial charge in [0.05, 0.1) is 12.2 Å². The van der Waals surface area contributed by atoms with Crippen LogP contribution in [0.1, 0.15) is 43.4 Å². The molecule has 4 rings (SSSR count). The second-order valence-electron chi connectivity index (χ2n) is 7.46. The molecule has 2 amide bonds. The molecule has 0 spiro atoms. The summed E-state index contributed by atoms with van der Waals surface area (Å²) in [6, 6.07) is 15.7. The van der Waals surface area contributed by atoms with Crippen molar-refractivity contribution >= 4 is 11.8 Å². The van der Waals surface area contributed by atoms with Crippen molar-refractivity contribution in [1.29, 1.82) is 0 Å². The fourth-order valence-corrected chi connectivity index (χ4v) is 3.66. The molecule has 1 N–H and O–H groups in total. The number of hydrogen-bond donors (Lipinski definition) is 1. The minimum absolute atomic E-state index is 0.0768. The van der Waals surface area contributed by atoms with Gasteiger partial charge in [-0.25, -0.2) is 4.98 Å². The van der Waals surface area contributed by atoms with Crippen LogP contribution in [0.25, 0.3) is 0 Å². The van der Waals surface area contributed by atoms with Crippen molar-refractivity contribution in [2.24, 2.45) is 0 Å². The van der Waals surface area contributed by atoms with Gasteiger partial charge in [-0.2, -0.15) is 0 Å². The summed E-state index contributed by atoms with van der Waals surface area (Å²) in [5, 5.41) is 2.91. The van der Waals surface area contributed by atoms with Gasteiger partial charge in [0.25, 0.3) is 11.8 Å². The Morgan fingerprint density at radius 2 is 1.90 bits per heavy atom. The van der Waals surface area contributed by atoms with Crippen molar-refractivity contribution in [3.8, 4) is 0 Å². The summed E-state index contributed by atoms with van der Waals surface area (Å²) in [5.74, 6) is 0.223. The number of nitrogens with zero attached hydrogens (tertiary/aromatic N) is 3. The second-order valence-corrected chi connectivity index (χ2v) is 7.46. The largest absolute Gasteiger partial charge is 0.346 e. The standard InChI is InChI=1S/C23H24N4O2/c1-16-8-9-20(17(2)12-16)22(28)24-13-19-15-26-10-11-27(23(29)21(26)25-19)14-18-6-4-3-5-7-18/h3-9,12,15H,10-11,13-14H2,1-2H3,(H,24,28). The third-order valence-electron chi connectivity index (χ3n) is 5.19. The molecular weight excluding hydrogens is 364 g/mol. The van der Waals surface area contributed by atoms with Crippen LogP contribution in [0.2, 0.25) is 0 Å². The highest BCUT2D eigenvalue weighted by atomic mass is 16.2. The molecule has 0 saturated heterocycles. The number of hydrogen-bond acceptors (Lipinski definition) is 3. The average molecular weight is 388 g/mol. The highest BCUT2D eigenvalue weighted by Crippen LogP contribution is 2.16. The van der Waals surface area contributed by atoms with Gasteiger partial charge in [-0.15, -0.1) is 0 Å². The number of amides is 2. The number of carbonyl (C=O) groups excluding carboxylic acids is 2. The molecule has 1 aromatic heterocycles. The Bertz CT molecular complexity index is 1060. The highest BCUT2D eigenvalue weighted by molar-refractivity contribution is 5.95. The zero-order valence-corrected chi connectivity index (χ0v) is 16.7. The molecule has 148 valence electrons. The molecule has 0 bridgehead atoms. The molecule has 6 nitrogen and oxygen atoms in total. The Morgan fingerprint density at radius 1 is 1.10 bits per heavy atom.